The van der Waals surface area contributed by atoms with Gasteiger partial charge in [-0.3, -0.25) is 10.1 Å². The van der Waals surface area contributed by atoms with Crippen LogP contribution in [0.3, 0.4) is 0 Å². The second-order valence-electron chi connectivity index (χ2n) is 6.89. The van der Waals surface area contributed by atoms with Gasteiger partial charge in [-0.15, -0.1) is 0 Å². The van der Waals surface area contributed by atoms with E-state index in [2.05, 4.69) is 34.0 Å². The number of hydrogen-bond donors (Lipinski definition) is 1. The summed E-state index contributed by atoms with van der Waals surface area (Å²) in [6, 6.07) is 12.5. The van der Waals surface area contributed by atoms with Gasteiger partial charge in [-0.1, -0.05) is 23.7 Å². The number of pyridine rings is 1. The van der Waals surface area contributed by atoms with Crippen LogP contribution in [0.25, 0.3) is 22.4 Å². The summed E-state index contributed by atoms with van der Waals surface area (Å²) < 4.78 is 0. The lowest BCUT2D eigenvalue weighted by Crippen LogP contribution is -2.31. The monoisotopic (exact) mass is 367 g/mol. The van der Waals surface area contributed by atoms with Gasteiger partial charge in [-0.25, -0.2) is 0 Å². The summed E-state index contributed by atoms with van der Waals surface area (Å²) in [6.45, 7) is 1.99. The van der Waals surface area contributed by atoms with Crippen molar-refractivity contribution in [3.05, 3.63) is 53.8 Å². The summed E-state index contributed by atoms with van der Waals surface area (Å²) >= 11 is 6.06. The van der Waals surface area contributed by atoms with Crippen LogP contribution in [0.5, 0.6) is 0 Å². The van der Waals surface area contributed by atoms with Crippen molar-refractivity contribution in [3.8, 4) is 22.4 Å². The number of anilines is 1. The van der Waals surface area contributed by atoms with E-state index in [-0.39, 0.29) is 0 Å². The third-order valence-corrected chi connectivity index (χ3v) is 5.29. The number of halogens is 1. The molecule has 4 rings (SSSR count). The molecule has 0 bridgehead atoms. The molecule has 3 aromatic rings. The molecule has 1 atom stereocenters. The van der Waals surface area contributed by atoms with E-state index in [4.69, 9.17) is 16.7 Å². The molecule has 3 heterocycles. The Morgan fingerprint density at radius 3 is 2.46 bits per heavy atom. The standard InChI is InChI=1S/C20H22ClN5/c1-25(2)17-9-12-26(13-17)20-18(14-7-10-22-11-8-14)19(23-24-20)15-3-5-16(21)6-4-15/h3-8,10-11,17H,9,12-13H2,1-2H3,(H,23,24). The Morgan fingerprint density at radius 1 is 1.08 bits per heavy atom. The van der Waals surface area contributed by atoms with Crippen LogP contribution in [0.4, 0.5) is 5.82 Å². The number of rotatable bonds is 4. The van der Waals surface area contributed by atoms with E-state index in [1.54, 1.807) is 0 Å². The summed E-state index contributed by atoms with van der Waals surface area (Å²) in [4.78, 5) is 8.83. The molecule has 1 fully saturated rings. The maximum absolute atomic E-state index is 6.06. The van der Waals surface area contributed by atoms with E-state index in [1.165, 1.54) is 0 Å². The lowest BCUT2D eigenvalue weighted by atomic mass is 10.0. The first kappa shape index (κ1) is 17.1. The number of hydrogen-bond acceptors (Lipinski definition) is 4. The van der Waals surface area contributed by atoms with E-state index >= 15 is 0 Å². The molecule has 0 amide bonds. The van der Waals surface area contributed by atoms with Crippen LogP contribution >= 0.6 is 11.6 Å². The molecule has 1 aliphatic heterocycles. The number of benzene rings is 1. The molecular weight excluding hydrogens is 346 g/mol. The van der Waals surface area contributed by atoms with E-state index < -0.39 is 0 Å². The number of aromatic amines is 1. The quantitative estimate of drug-likeness (QED) is 0.759. The number of likely N-dealkylation sites (N-methyl/N-ethyl adjacent to an activating group) is 1. The van der Waals surface area contributed by atoms with Gasteiger partial charge in [0.25, 0.3) is 0 Å². The van der Waals surface area contributed by atoms with Gasteiger partial charge in [0, 0.05) is 42.1 Å². The maximum atomic E-state index is 6.06. The number of nitrogens with zero attached hydrogens (tertiary/aromatic N) is 4. The van der Waals surface area contributed by atoms with Gasteiger partial charge in [0.05, 0.1) is 11.3 Å². The van der Waals surface area contributed by atoms with Crippen LogP contribution < -0.4 is 4.90 Å². The van der Waals surface area contributed by atoms with Crippen molar-refractivity contribution in [2.75, 3.05) is 32.1 Å². The van der Waals surface area contributed by atoms with Crippen molar-refractivity contribution < 1.29 is 0 Å². The van der Waals surface area contributed by atoms with Crippen molar-refractivity contribution in [2.45, 2.75) is 12.5 Å². The molecule has 0 spiro atoms. The minimum Gasteiger partial charge on any atom is -0.353 e. The largest absolute Gasteiger partial charge is 0.353 e. The molecular formula is C20H22ClN5. The molecule has 0 radical (unpaired) electrons. The zero-order valence-corrected chi connectivity index (χ0v) is 15.7. The van der Waals surface area contributed by atoms with Gasteiger partial charge in [-0.2, -0.15) is 5.10 Å². The van der Waals surface area contributed by atoms with Crippen LogP contribution in [0, 0.1) is 0 Å². The predicted octanol–water partition coefficient (Wildman–Crippen LogP) is 3.93. The molecule has 134 valence electrons. The average Bonchev–Trinajstić information content (AvgIpc) is 3.30. The van der Waals surface area contributed by atoms with Gasteiger partial charge in [-0.05, 0) is 50.3 Å². The van der Waals surface area contributed by atoms with Crippen LogP contribution in [-0.2, 0) is 0 Å². The highest BCUT2D eigenvalue weighted by molar-refractivity contribution is 6.30. The Bertz CT molecular complexity index is 873. The fourth-order valence-corrected chi connectivity index (χ4v) is 3.66. The summed E-state index contributed by atoms with van der Waals surface area (Å²) in [5.41, 5.74) is 4.32. The van der Waals surface area contributed by atoms with E-state index in [0.29, 0.717) is 6.04 Å². The highest BCUT2D eigenvalue weighted by atomic mass is 35.5. The molecule has 0 aliphatic carbocycles. The zero-order chi connectivity index (χ0) is 18.1. The van der Waals surface area contributed by atoms with E-state index in [0.717, 1.165) is 52.7 Å². The molecule has 1 unspecified atom stereocenters. The first-order valence-corrected chi connectivity index (χ1v) is 9.17. The first-order valence-electron chi connectivity index (χ1n) is 8.79. The topological polar surface area (TPSA) is 48.0 Å². The van der Waals surface area contributed by atoms with Crippen LogP contribution in [0.1, 0.15) is 6.42 Å². The van der Waals surface area contributed by atoms with Gasteiger partial charge >= 0.3 is 0 Å². The SMILES string of the molecule is CN(C)C1CCN(c2n[nH]c(-c3ccc(Cl)cc3)c2-c2ccncc2)C1. The molecule has 0 saturated carbocycles. The van der Waals surface area contributed by atoms with Crippen molar-refractivity contribution in [3.63, 3.8) is 0 Å². The summed E-state index contributed by atoms with van der Waals surface area (Å²) in [5, 5.41) is 8.69. The molecule has 1 saturated heterocycles. The Balaban J connectivity index is 1.79. The van der Waals surface area contributed by atoms with Crippen molar-refractivity contribution >= 4 is 17.4 Å². The third-order valence-electron chi connectivity index (χ3n) is 5.04. The molecule has 5 nitrogen and oxygen atoms in total. The van der Waals surface area contributed by atoms with Gasteiger partial charge in [0.1, 0.15) is 0 Å². The van der Waals surface area contributed by atoms with Gasteiger partial charge < -0.3 is 9.80 Å². The molecule has 1 aliphatic rings. The molecule has 2 aromatic heterocycles. The van der Waals surface area contributed by atoms with Crippen molar-refractivity contribution in [1.82, 2.24) is 20.1 Å². The minimum atomic E-state index is 0.552. The highest BCUT2D eigenvalue weighted by Gasteiger charge is 2.29. The molecule has 26 heavy (non-hydrogen) atoms. The molecule has 1 aromatic carbocycles. The van der Waals surface area contributed by atoms with E-state index in [9.17, 15) is 0 Å². The number of aromatic nitrogens is 3. The van der Waals surface area contributed by atoms with Gasteiger partial charge in [0.2, 0.25) is 0 Å². The number of nitrogens with one attached hydrogen (secondary N) is 1. The lowest BCUT2D eigenvalue weighted by molar-refractivity contribution is 0.315. The van der Waals surface area contributed by atoms with Gasteiger partial charge in [0.15, 0.2) is 5.82 Å². The molecule has 1 N–H and O–H groups in total. The third kappa shape index (κ3) is 3.20. The summed E-state index contributed by atoms with van der Waals surface area (Å²) in [7, 11) is 4.28. The fraction of sp³-hybridized carbons (Fsp3) is 0.300. The van der Waals surface area contributed by atoms with Crippen molar-refractivity contribution in [2.24, 2.45) is 0 Å². The lowest BCUT2D eigenvalue weighted by Gasteiger charge is -2.21. The minimum absolute atomic E-state index is 0.552. The fourth-order valence-electron chi connectivity index (χ4n) is 3.53. The average molecular weight is 368 g/mol. The normalized spacial score (nSPS) is 17.2. The smallest absolute Gasteiger partial charge is 0.159 e. The Morgan fingerprint density at radius 2 is 1.81 bits per heavy atom. The van der Waals surface area contributed by atoms with Crippen molar-refractivity contribution in [1.29, 1.82) is 0 Å². The zero-order valence-electron chi connectivity index (χ0n) is 15.0. The summed E-state index contributed by atoms with van der Waals surface area (Å²) in [5.74, 6) is 1.01. The Labute approximate surface area is 158 Å². The summed E-state index contributed by atoms with van der Waals surface area (Å²) in [6.07, 6.45) is 4.79. The van der Waals surface area contributed by atoms with E-state index in [1.807, 2.05) is 48.8 Å². The predicted molar refractivity (Wildman–Crippen MR) is 107 cm³/mol. The maximum Gasteiger partial charge on any atom is 0.159 e. The van der Waals surface area contributed by atoms with Crippen LogP contribution in [0.15, 0.2) is 48.8 Å². The first-order chi connectivity index (χ1) is 12.6. The van der Waals surface area contributed by atoms with Crippen LogP contribution in [-0.4, -0.2) is 53.3 Å². The molecule has 6 heteroatoms. The second-order valence-corrected chi connectivity index (χ2v) is 7.33. The van der Waals surface area contributed by atoms with Crippen LogP contribution in [0.2, 0.25) is 5.02 Å². The number of H-pyrrole nitrogens is 1. The highest BCUT2D eigenvalue weighted by Crippen LogP contribution is 2.39. The Kier molecular flexibility index (Phi) is 4.66. The Hall–Kier alpha value is -2.37. The second kappa shape index (κ2) is 7.09.